The predicted molar refractivity (Wildman–Crippen MR) is 132 cm³/mol. The Hall–Kier alpha value is -3.13. The second-order valence-corrected chi connectivity index (χ2v) is 9.68. The molecule has 2 aromatic rings. The Morgan fingerprint density at radius 1 is 1.03 bits per heavy atom. The van der Waals surface area contributed by atoms with Crippen molar-refractivity contribution in [1.29, 1.82) is 0 Å². The zero-order valence-electron chi connectivity index (χ0n) is 19.4. The maximum absolute atomic E-state index is 13.0. The number of fused-ring (bicyclic) bond motifs is 1. The molecule has 0 spiro atoms. The van der Waals surface area contributed by atoms with Crippen LogP contribution >= 0.6 is 0 Å². The lowest BCUT2D eigenvalue weighted by Crippen LogP contribution is -2.50. The normalized spacial score (nSPS) is 16.2. The molecule has 8 heteroatoms. The molecule has 34 heavy (non-hydrogen) atoms. The lowest BCUT2D eigenvalue weighted by Gasteiger charge is -2.41. The Morgan fingerprint density at radius 2 is 1.74 bits per heavy atom. The van der Waals surface area contributed by atoms with E-state index in [2.05, 4.69) is 6.07 Å². The van der Waals surface area contributed by atoms with E-state index in [4.69, 9.17) is 4.74 Å². The van der Waals surface area contributed by atoms with Gasteiger partial charge in [0.1, 0.15) is 5.75 Å². The van der Waals surface area contributed by atoms with Crippen LogP contribution in [-0.4, -0.2) is 49.3 Å². The van der Waals surface area contributed by atoms with E-state index in [9.17, 15) is 18.0 Å². The van der Waals surface area contributed by atoms with Gasteiger partial charge in [-0.1, -0.05) is 31.5 Å². The first kappa shape index (κ1) is 24.0. The Balaban J connectivity index is 1.38. The molecule has 2 heterocycles. The van der Waals surface area contributed by atoms with Gasteiger partial charge in [0.15, 0.2) is 0 Å². The standard InChI is InChI=1S/C26H30N2O5S/c1-2-3-8-25(34(31)32)33-22-12-9-20(10-13-22)26(30)27-17-15-21(16-18-27)28-23-7-5-4-6-19(23)11-14-24(28)29/h4-7,9-10,12-13,21H,2-3,8,11,14-18H2,1H3. The molecule has 2 amide bonds. The number of hydrogen-bond donors (Lipinski definition) is 0. The van der Waals surface area contributed by atoms with Crippen molar-refractivity contribution in [2.24, 2.45) is 0 Å². The number of carbonyl (C=O) groups excluding carboxylic acids is 2. The lowest BCUT2D eigenvalue weighted by molar-refractivity contribution is -0.119. The van der Waals surface area contributed by atoms with Crippen molar-refractivity contribution in [3.8, 4) is 5.75 Å². The van der Waals surface area contributed by atoms with Gasteiger partial charge in [-0.05, 0) is 61.6 Å². The molecule has 0 bridgehead atoms. The largest absolute Gasteiger partial charge is 0.446 e. The van der Waals surface area contributed by atoms with Gasteiger partial charge in [-0.3, -0.25) is 9.59 Å². The Kier molecular flexibility index (Phi) is 7.67. The van der Waals surface area contributed by atoms with Crippen LogP contribution in [0, 0.1) is 0 Å². The van der Waals surface area contributed by atoms with Gasteiger partial charge in [-0.2, -0.15) is 8.42 Å². The molecule has 1 saturated heterocycles. The summed E-state index contributed by atoms with van der Waals surface area (Å²) >= 11 is 0. The molecule has 0 atom stereocenters. The van der Waals surface area contributed by atoms with E-state index < -0.39 is 10.3 Å². The topological polar surface area (TPSA) is 84.0 Å². The highest BCUT2D eigenvalue weighted by molar-refractivity contribution is 7.72. The molecule has 0 saturated carbocycles. The molecule has 7 nitrogen and oxygen atoms in total. The highest BCUT2D eigenvalue weighted by atomic mass is 32.2. The number of carbonyl (C=O) groups is 2. The fraction of sp³-hybridized carbons (Fsp3) is 0.423. The quantitative estimate of drug-likeness (QED) is 0.584. The van der Waals surface area contributed by atoms with E-state index >= 15 is 0 Å². The van der Waals surface area contributed by atoms with Crippen LogP contribution in [0.25, 0.3) is 0 Å². The van der Waals surface area contributed by atoms with Crippen LogP contribution in [-0.2, 0) is 21.5 Å². The van der Waals surface area contributed by atoms with E-state index in [0.29, 0.717) is 37.2 Å². The van der Waals surface area contributed by atoms with Crippen molar-refractivity contribution in [2.45, 2.75) is 57.9 Å². The van der Waals surface area contributed by atoms with Gasteiger partial charge < -0.3 is 14.5 Å². The minimum atomic E-state index is -2.40. The molecule has 1 fully saturated rings. The second-order valence-electron chi connectivity index (χ2n) is 8.75. The molecule has 4 rings (SSSR count). The van der Waals surface area contributed by atoms with E-state index in [1.165, 1.54) is 5.56 Å². The number of piperidine rings is 1. The third-order valence-corrected chi connectivity index (χ3v) is 7.16. The highest BCUT2D eigenvalue weighted by Gasteiger charge is 2.33. The van der Waals surface area contributed by atoms with Gasteiger partial charge in [0.2, 0.25) is 11.0 Å². The summed E-state index contributed by atoms with van der Waals surface area (Å²) in [4.78, 5) is 29.5. The summed E-state index contributed by atoms with van der Waals surface area (Å²) in [7, 11) is -2.40. The fourth-order valence-electron chi connectivity index (χ4n) is 4.65. The van der Waals surface area contributed by atoms with Crippen molar-refractivity contribution in [3.63, 3.8) is 0 Å². The van der Waals surface area contributed by atoms with Gasteiger partial charge in [-0.25, -0.2) is 0 Å². The first-order valence-electron chi connectivity index (χ1n) is 11.9. The van der Waals surface area contributed by atoms with Gasteiger partial charge in [-0.15, -0.1) is 0 Å². The minimum Gasteiger partial charge on any atom is -0.446 e. The number of amides is 2. The summed E-state index contributed by atoms with van der Waals surface area (Å²) in [5.74, 6) is 0.485. The zero-order valence-corrected chi connectivity index (χ0v) is 20.2. The number of aryl methyl sites for hydroxylation is 1. The number of unbranched alkanes of at least 4 members (excludes halogenated alkanes) is 1. The van der Waals surface area contributed by atoms with Crippen molar-refractivity contribution in [3.05, 3.63) is 59.7 Å². The van der Waals surface area contributed by atoms with Crippen molar-refractivity contribution < 1.29 is 22.7 Å². The maximum Gasteiger partial charge on any atom is 0.253 e. The van der Waals surface area contributed by atoms with Gasteiger partial charge >= 0.3 is 0 Å². The predicted octanol–water partition coefficient (Wildman–Crippen LogP) is 3.85. The minimum absolute atomic E-state index is 0.0110. The smallest absolute Gasteiger partial charge is 0.253 e. The maximum atomic E-state index is 13.0. The Bertz CT molecular complexity index is 1170. The number of likely N-dealkylation sites (tertiary alicyclic amines) is 1. The van der Waals surface area contributed by atoms with Crippen molar-refractivity contribution in [1.82, 2.24) is 4.90 Å². The first-order valence-corrected chi connectivity index (χ1v) is 13.0. The summed E-state index contributed by atoms with van der Waals surface area (Å²) in [6.45, 7) is 3.15. The van der Waals surface area contributed by atoms with Crippen LogP contribution in [0.1, 0.15) is 61.4 Å². The number of para-hydroxylation sites is 1. The van der Waals surface area contributed by atoms with Crippen LogP contribution in [0.15, 0.2) is 48.5 Å². The molecular formula is C26H30N2O5S. The number of rotatable bonds is 6. The van der Waals surface area contributed by atoms with Gasteiger partial charge in [0.25, 0.3) is 16.2 Å². The molecule has 0 N–H and O–H groups in total. The third-order valence-electron chi connectivity index (χ3n) is 6.50. The monoisotopic (exact) mass is 482 g/mol. The summed E-state index contributed by atoms with van der Waals surface area (Å²) in [6, 6.07) is 14.8. The Labute approximate surface area is 201 Å². The third kappa shape index (κ3) is 5.33. The summed E-state index contributed by atoms with van der Waals surface area (Å²) in [6.07, 6.45) is 4.73. The first-order chi connectivity index (χ1) is 16.5. The van der Waals surface area contributed by atoms with E-state index in [0.717, 1.165) is 37.8 Å². The number of hydrogen-bond acceptors (Lipinski definition) is 5. The van der Waals surface area contributed by atoms with Crippen LogP contribution in [0.3, 0.4) is 0 Å². The van der Waals surface area contributed by atoms with E-state index in [-0.39, 0.29) is 22.9 Å². The van der Waals surface area contributed by atoms with E-state index in [1.807, 2.05) is 34.9 Å². The van der Waals surface area contributed by atoms with Crippen LogP contribution in [0.5, 0.6) is 5.75 Å². The number of nitrogens with zero attached hydrogens (tertiary/aromatic N) is 2. The molecule has 2 aliphatic heterocycles. The molecule has 2 aliphatic rings. The molecule has 2 aromatic carbocycles. The summed E-state index contributed by atoms with van der Waals surface area (Å²) in [5.41, 5.74) is 2.75. The average Bonchev–Trinajstić information content (AvgIpc) is 2.86. The SMILES string of the molecule is CCCCC(Oc1ccc(C(=O)N2CCC(N3C(=O)CCc4ccccc43)CC2)cc1)=S(=O)=O. The van der Waals surface area contributed by atoms with Gasteiger partial charge in [0.05, 0.1) is 0 Å². The number of benzene rings is 2. The molecule has 0 unspecified atom stereocenters. The van der Waals surface area contributed by atoms with Crippen molar-refractivity contribution in [2.75, 3.05) is 18.0 Å². The lowest BCUT2D eigenvalue weighted by atomic mass is 9.95. The molecule has 0 aromatic heterocycles. The number of ether oxygens (including phenoxy) is 1. The second kappa shape index (κ2) is 10.9. The van der Waals surface area contributed by atoms with Crippen LogP contribution < -0.4 is 9.64 Å². The zero-order chi connectivity index (χ0) is 24.1. The highest BCUT2D eigenvalue weighted by Crippen LogP contribution is 2.32. The van der Waals surface area contributed by atoms with Gasteiger partial charge in [0, 0.05) is 43.2 Å². The molecule has 0 radical (unpaired) electrons. The average molecular weight is 483 g/mol. The van der Waals surface area contributed by atoms with Crippen molar-refractivity contribution >= 4 is 32.8 Å². The van der Waals surface area contributed by atoms with Crippen LogP contribution in [0.2, 0.25) is 0 Å². The molecule has 0 aliphatic carbocycles. The molecule has 180 valence electrons. The van der Waals surface area contributed by atoms with E-state index in [1.54, 1.807) is 24.3 Å². The molecular weight excluding hydrogens is 452 g/mol. The van der Waals surface area contributed by atoms with Crippen LogP contribution in [0.4, 0.5) is 5.69 Å². The number of anilines is 1. The fourth-order valence-corrected chi connectivity index (χ4v) is 5.13. The Morgan fingerprint density at radius 3 is 2.41 bits per heavy atom. The summed E-state index contributed by atoms with van der Waals surface area (Å²) in [5, 5.41) is 0.0110. The summed E-state index contributed by atoms with van der Waals surface area (Å²) < 4.78 is 28.3.